The third-order valence-corrected chi connectivity index (χ3v) is 5.38. The number of rotatable bonds is 3. The first-order chi connectivity index (χ1) is 9.63. The summed E-state index contributed by atoms with van der Waals surface area (Å²) in [6.45, 7) is 2.08. The Hall–Kier alpha value is -0.540. The molecule has 1 saturated carbocycles. The molecule has 0 aliphatic heterocycles. The van der Waals surface area contributed by atoms with Gasteiger partial charge in [-0.1, -0.05) is 48.0 Å². The molecule has 0 radical (unpaired) electrons. The average Bonchev–Trinajstić information content (AvgIpc) is 2.40. The van der Waals surface area contributed by atoms with Crippen LogP contribution < -0.4 is 10.5 Å². The lowest BCUT2D eigenvalue weighted by Gasteiger charge is -2.27. The minimum Gasteiger partial charge on any atom is -0.496 e. The molecule has 2 nitrogen and oxygen atoms in total. The molecular weight excluding hydrogens is 314 g/mol. The third kappa shape index (κ3) is 3.76. The summed E-state index contributed by atoms with van der Waals surface area (Å²) in [5, 5.41) is 0. The summed E-state index contributed by atoms with van der Waals surface area (Å²) in [4.78, 5) is 0. The van der Waals surface area contributed by atoms with E-state index in [0.29, 0.717) is 5.92 Å². The van der Waals surface area contributed by atoms with Gasteiger partial charge in [0.05, 0.1) is 7.11 Å². The van der Waals surface area contributed by atoms with E-state index in [4.69, 9.17) is 10.5 Å². The number of halogens is 1. The Morgan fingerprint density at radius 2 is 1.75 bits per heavy atom. The van der Waals surface area contributed by atoms with Gasteiger partial charge < -0.3 is 10.5 Å². The van der Waals surface area contributed by atoms with E-state index in [9.17, 15) is 0 Å². The second-order valence-corrected chi connectivity index (χ2v) is 6.83. The van der Waals surface area contributed by atoms with Gasteiger partial charge in [-0.2, -0.15) is 0 Å². The SMILES string of the molecule is COc1cc(C)c(Br)cc1C(N)C1CCCCCCC1. The molecule has 1 aromatic rings. The van der Waals surface area contributed by atoms with Gasteiger partial charge in [0.2, 0.25) is 0 Å². The van der Waals surface area contributed by atoms with Crippen molar-refractivity contribution in [3.05, 3.63) is 27.7 Å². The Balaban J connectivity index is 2.22. The third-order valence-electron chi connectivity index (χ3n) is 4.53. The van der Waals surface area contributed by atoms with Crippen molar-refractivity contribution in [3.8, 4) is 5.75 Å². The Labute approximate surface area is 131 Å². The monoisotopic (exact) mass is 339 g/mol. The minimum atomic E-state index is 0.0833. The van der Waals surface area contributed by atoms with Crippen LogP contribution in [0.1, 0.15) is 62.1 Å². The molecule has 0 saturated heterocycles. The van der Waals surface area contributed by atoms with E-state index < -0.39 is 0 Å². The van der Waals surface area contributed by atoms with Crippen LogP contribution in [0.3, 0.4) is 0 Å². The molecule has 1 aliphatic rings. The number of ether oxygens (including phenoxy) is 1. The quantitative estimate of drug-likeness (QED) is 0.828. The largest absolute Gasteiger partial charge is 0.496 e. The van der Waals surface area contributed by atoms with Crippen molar-refractivity contribution < 1.29 is 4.74 Å². The molecule has 0 spiro atoms. The molecule has 2 rings (SSSR count). The van der Waals surface area contributed by atoms with Crippen molar-refractivity contribution in [2.24, 2.45) is 11.7 Å². The van der Waals surface area contributed by atoms with Crippen molar-refractivity contribution in [1.29, 1.82) is 0 Å². The van der Waals surface area contributed by atoms with Gasteiger partial charge in [0, 0.05) is 16.1 Å². The standard InChI is InChI=1S/C17H26BrNO/c1-12-10-16(20-2)14(11-15(12)18)17(19)13-8-6-4-3-5-7-9-13/h10-11,13,17H,3-9,19H2,1-2H3. The first kappa shape index (κ1) is 15.8. The highest BCUT2D eigenvalue weighted by Crippen LogP contribution is 2.37. The number of aryl methyl sites for hydroxylation is 1. The van der Waals surface area contributed by atoms with E-state index in [1.165, 1.54) is 50.5 Å². The lowest BCUT2D eigenvalue weighted by molar-refractivity contribution is 0.318. The average molecular weight is 340 g/mol. The van der Waals surface area contributed by atoms with Crippen LogP contribution >= 0.6 is 15.9 Å². The zero-order valence-electron chi connectivity index (χ0n) is 12.6. The maximum atomic E-state index is 6.58. The zero-order valence-corrected chi connectivity index (χ0v) is 14.2. The van der Waals surface area contributed by atoms with Crippen LogP contribution in [-0.4, -0.2) is 7.11 Å². The first-order valence-corrected chi connectivity index (χ1v) is 8.52. The van der Waals surface area contributed by atoms with Crippen LogP contribution in [0, 0.1) is 12.8 Å². The van der Waals surface area contributed by atoms with Crippen molar-refractivity contribution >= 4 is 15.9 Å². The molecule has 1 atom stereocenters. The molecule has 112 valence electrons. The molecule has 1 fully saturated rings. The summed E-state index contributed by atoms with van der Waals surface area (Å²) >= 11 is 3.62. The molecule has 0 bridgehead atoms. The molecule has 3 heteroatoms. The number of hydrogen-bond donors (Lipinski definition) is 1. The Bertz CT molecular complexity index is 439. The predicted molar refractivity (Wildman–Crippen MR) is 88.2 cm³/mol. The minimum absolute atomic E-state index is 0.0833. The fraction of sp³-hybridized carbons (Fsp3) is 0.647. The van der Waals surface area contributed by atoms with Gasteiger partial charge in [-0.15, -0.1) is 0 Å². The molecule has 1 aliphatic carbocycles. The van der Waals surface area contributed by atoms with Crippen molar-refractivity contribution in [3.63, 3.8) is 0 Å². The van der Waals surface area contributed by atoms with E-state index in [0.717, 1.165) is 15.8 Å². The summed E-state index contributed by atoms with van der Waals surface area (Å²) in [5.41, 5.74) is 8.92. The van der Waals surface area contributed by atoms with Gasteiger partial charge in [0.25, 0.3) is 0 Å². The summed E-state index contributed by atoms with van der Waals surface area (Å²) in [7, 11) is 1.73. The fourth-order valence-electron chi connectivity index (χ4n) is 3.21. The molecule has 0 amide bonds. The first-order valence-electron chi connectivity index (χ1n) is 7.73. The van der Waals surface area contributed by atoms with Crippen LogP contribution in [0.2, 0.25) is 0 Å². The van der Waals surface area contributed by atoms with Crippen molar-refractivity contribution in [2.45, 2.75) is 57.9 Å². The number of nitrogens with two attached hydrogens (primary N) is 1. The van der Waals surface area contributed by atoms with E-state index in [1.54, 1.807) is 7.11 Å². The molecule has 20 heavy (non-hydrogen) atoms. The second kappa shape index (κ2) is 7.46. The molecule has 1 aromatic carbocycles. The predicted octanol–water partition coefficient (Wildman–Crippen LogP) is 5.13. The lowest BCUT2D eigenvalue weighted by atomic mass is 9.83. The zero-order chi connectivity index (χ0) is 14.5. The maximum Gasteiger partial charge on any atom is 0.123 e. The molecule has 0 heterocycles. The maximum absolute atomic E-state index is 6.58. The molecule has 0 aromatic heterocycles. The number of methoxy groups -OCH3 is 1. The van der Waals surface area contributed by atoms with Gasteiger partial charge in [-0.05, 0) is 43.4 Å². The summed E-state index contributed by atoms with van der Waals surface area (Å²) in [6.07, 6.45) is 9.23. The van der Waals surface area contributed by atoms with E-state index >= 15 is 0 Å². The van der Waals surface area contributed by atoms with Gasteiger partial charge in [0.1, 0.15) is 5.75 Å². The van der Waals surface area contributed by atoms with Gasteiger partial charge in [-0.3, -0.25) is 0 Å². The van der Waals surface area contributed by atoms with Crippen LogP contribution in [0.4, 0.5) is 0 Å². The van der Waals surface area contributed by atoms with Gasteiger partial charge in [0.15, 0.2) is 0 Å². The van der Waals surface area contributed by atoms with E-state index in [-0.39, 0.29) is 6.04 Å². The molecule has 2 N–H and O–H groups in total. The Kier molecular flexibility index (Phi) is 5.91. The van der Waals surface area contributed by atoms with Crippen LogP contribution in [0.25, 0.3) is 0 Å². The van der Waals surface area contributed by atoms with Crippen LogP contribution in [0.15, 0.2) is 16.6 Å². The topological polar surface area (TPSA) is 35.2 Å². The summed E-state index contributed by atoms with van der Waals surface area (Å²) in [5.74, 6) is 1.51. The molecule has 1 unspecified atom stereocenters. The van der Waals surface area contributed by atoms with Crippen molar-refractivity contribution in [2.75, 3.05) is 7.11 Å². The van der Waals surface area contributed by atoms with Crippen LogP contribution in [0.5, 0.6) is 5.75 Å². The lowest BCUT2D eigenvalue weighted by Crippen LogP contribution is -2.23. The summed E-state index contributed by atoms with van der Waals surface area (Å²) < 4.78 is 6.67. The second-order valence-electron chi connectivity index (χ2n) is 5.97. The Morgan fingerprint density at radius 1 is 1.15 bits per heavy atom. The highest BCUT2D eigenvalue weighted by Gasteiger charge is 2.23. The molecular formula is C17H26BrNO. The van der Waals surface area contributed by atoms with Gasteiger partial charge >= 0.3 is 0 Å². The smallest absolute Gasteiger partial charge is 0.123 e. The number of benzene rings is 1. The summed E-state index contributed by atoms with van der Waals surface area (Å²) in [6, 6.07) is 4.32. The van der Waals surface area contributed by atoms with E-state index in [2.05, 4.69) is 35.0 Å². The van der Waals surface area contributed by atoms with Gasteiger partial charge in [-0.25, -0.2) is 0 Å². The highest BCUT2D eigenvalue weighted by atomic mass is 79.9. The van der Waals surface area contributed by atoms with Crippen molar-refractivity contribution in [1.82, 2.24) is 0 Å². The number of hydrogen-bond acceptors (Lipinski definition) is 2. The Morgan fingerprint density at radius 3 is 2.35 bits per heavy atom. The van der Waals surface area contributed by atoms with Crippen LogP contribution in [-0.2, 0) is 0 Å². The normalized spacial score (nSPS) is 19.2. The van der Waals surface area contributed by atoms with E-state index in [1.807, 2.05) is 0 Å². The highest BCUT2D eigenvalue weighted by molar-refractivity contribution is 9.10. The fourth-order valence-corrected chi connectivity index (χ4v) is 3.57.